The quantitative estimate of drug-likeness (QED) is 0.534. The zero-order valence-corrected chi connectivity index (χ0v) is 12.6. The van der Waals surface area contributed by atoms with Gasteiger partial charge in [0.25, 0.3) is 0 Å². The van der Waals surface area contributed by atoms with Crippen molar-refractivity contribution in [3.63, 3.8) is 0 Å². The lowest BCUT2D eigenvalue weighted by Gasteiger charge is -2.05. The smallest absolute Gasteiger partial charge is 0.306 e. The van der Waals surface area contributed by atoms with Crippen LogP contribution < -0.4 is 0 Å². The van der Waals surface area contributed by atoms with Gasteiger partial charge in [-0.05, 0) is 24.8 Å². The van der Waals surface area contributed by atoms with E-state index in [1.807, 2.05) is 18.2 Å². The average Bonchev–Trinajstić information content (AvgIpc) is 2.70. The van der Waals surface area contributed by atoms with E-state index in [1.165, 1.54) is 5.56 Å². The summed E-state index contributed by atoms with van der Waals surface area (Å²) in [7, 11) is 0. The summed E-state index contributed by atoms with van der Waals surface area (Å²) in [5, 5.41) is 8.68. The molecule has 0 spiro atoms. The molecule has 0 aliphatic carbocycles. The number of halogens is 11. The predicted molar refractivity (Wildman–Crippen MR) is 69.8 cm³/mol. The highest BCUT2D eigenvalue weighted by Gasteiger charge is 2.09. The summed E-state index contributed by atoms with van der Waals surface area (Å²) >= 11 is 0. The number of benzene rings is 1. The van der Waals surface area contributed by atoms with Crippen molar-refractivity contribution in [3.8, 4) is 0 Å². The van der Waals surface area contributed by atoms with E-state index in [-0.39, 0.29) is 10.6 Å². The number of hydrogen-bond acceptors (Lipinski definition) is 1. The highest BCUT2D eigenvalue weighted by atomic mass is 20.0. The van der Waals surface area contributed by atoms with Crippen LogP contribution in [-0.4, -0.2) is 11.1 Å². The summed E-state index contributed by atoms with van der Waals surface area (Å²) in [5.74, 6) is -0.920. The van der Waals surface area contributed by atoms with Crippen LogP contribution in [-0.2, 0) is 11.2 Å². The Labute approximate surface area is 135 Å². The van der Waals surface area contributed by atoms with Crippen LogP contribution in [0.2, 0.25) is 0 Å². The monoisotopic (exact) mass is 402 g/mol. The fraction of sp³-hybridized carbons (Fsp3) is 0.417. The molecule has 0 saturated carbocycles. The minimum absolute atomic E-state index is 0. The molecule has 1 rings (SSSR count). The molecule has 0 amide bonds. The van der Waals surface area contributed by atoms with E-state index in [0.29, 0.717) is 0 Å². The van der Waals surface area contributed by atoms with E-state index >= 15 is 0 Å². The van der Waals surface area contributed by atoms with Crippen molar-refractivity contribution in [3.05, 3.63) is 35.9 Å². The molecule has 0 aliphatic heterocycles. The van der Waals surface area contributed by atoms with Gasteiger partial charge in [-0.1, -0.05) is 37.3 Å². The van der Waals surface area contributed by atoms with Crippen molar-refractivity contribution < 1.29 is 60.3 Å². The molecule has 1 N–H and O–H groups in total. The van der Waals surface area contributed by atoms with Crippen LogP contribution in [0, 0.1) is 5.92 Å². The molecule has 0 aromatic heterocycles. The fourth-order valence-electron chi connectivity index (χ4n) is 1.38. The van der Waals surface area contributed by atoms with Gasteiger partial charge in [0.15, 0.2) is 0 Å². The summed E-state index contributed by atoms with van der Waals surface area (Å²) in [5.41, 5.74) is 1.28. The van der Waals surface area contributed by atoms with Gasteiger partial charge in [-0.25, -0.2) is 0 Å². The molecule has 0 bridgehead atoms. The summed E-state index contributed by atoms with van der Waals surface area (Å²) in [6.07, 6.45) is 2.67. The van der Waals surface area contributed by atoms with Gasteiger partial charge in [0.05, 0.1) is 5.92 Å². The maximum atomic E-state index is 10.5. The van der Waals surface area contributed by atoms with Gasteiger partial charge in [-0.2, -0.15) is 0 Å². The third-order valence-corrected chi connectivity index (χ3v) is 2.37. The normalized spacial score (nSPS) is 8.12. The van der Waals surface area contributed by atoms with E-state index in [9.17, 15) is 4.79 Å². The molecular formula is C12H17F11O2. The molecule has 154 valence electrons. The van der Waals surface area contributed by atoms with Crippen molar-refractivity contribution in [1.82, 2.24) is 0 Å². The maximum Gasteiger partial charge on any atom is 0.306 e. The molecule has 1 atom stereocenters. The lowest BCUT2D eigenvalue weighted by Crippen LogP contribution is -2.09. The van der Waals surface area contributed by atoms with E-state index in [0.717, 1.165) is 19.3 Å². The Morgan fingerprint density at radius 1 is 0.880 bits per heavy atom. The molecule has 1 unspecified atom stereocenters. The first kappa shape index (κ1) is 38.5. The van der Waals surface area contributed by atoms with Crippen molar-refractivity contribution in [2.24, 2.45) is 5.92 Å². The molecule has 0 aliphatic rings. The Hall–Kier alpha value is -2.08. The van der Waals surface area contributed by atoms with Gasteiger partial charge in [0.2, 0.25) is 0 Å². The molecule has 0 saturated heterocycles. The topological polar surface area (TPSA) is 37.3 Å². The van der Waals surface area contributed by atoms with Gasteiger partial charge in [0, 0.05) is 45.7 Å². The first-order chi connectivity index (χ1) is 11.7. The zero-order chi connectivity index (χ0) is 20.4. The van der Waals surface area contributed by atoms with Crippen molar-refractivity contribution in [2.45, 2.75) is 26.2 Å². The summed E-state index contributed by atoms with van der Waals surface area (Å²) < 4.78 is 80.0. The Morgan fingerprint density at radius 2 is 1.24 bits per heavy atom. The zero-order valence-electron chi connectivity index (χ0n) is 12.6. The predicted octanol–water partition coefficient (Wildman–Crippen LogP) is 7.08. The van der Waals surface area contributed by atoms with Crippen LogP contribution in [0.1, 0.15) is 25.3 Å². The molecule has 25 heavy (non-hydrogen) atoms. The first-order valence-electron chi connectivity index (χ1n) is 5.68. The maximum absolute atomic E-state index is 10.5. The van der Waals surface area contributed by atoms with Crippen LogP contribution in [0.15, 0.2) is 30.3 Å². The third kappa shape index (κ3) is 34.3. The molecule has 1 aromatic rings. The van der Waals surface area contributed by atoms with Crippen LogP contribution in [0.5, 0.6) is 0 Å². The van der Waals surface area contributed by atoms with Crippen molar-refractivity contribution in [1.29, 1.82) is 0 Å². The van der Waals surface area contributed by atoms with Gasteiger partial charge < -0.3 is 5.11 Å². The lowest BCUT2D eigenvalue weighted by atomic mass is 10.0. The van der Waals surface area contributed by atoms with Gasteiger partial charge in [0.1, 0.15) is 0 Å². The average molecular weight is 402 g/mol. The van der Waals surface area contributed by atoms with Crippen molar-refractivity contribution in [2.75, 3.05) is 0 Å². The van der Waals surface area contributed by atoms with Gasteiger partial charge in [-0.15, -0.1) is 0 Å². The summed E-state index contributed by atoms with van der Waals surface area (Å²) in [6.45, 7) is 1.76. The largest absolute Gasteiger partial charge is 0.481 e. The second-order valence-electron chi connectivity index (χ2n) is 3.62. The number of carboxylic acids is 1. The standard InChI is InChI=1S/C12H16O2.5F2.FH/c1-10(12(13)14)6-5-9-11-7-3-2-4-8-11;5*1-2;/h2-4,7-8,10H,5-6,9H2,1H3,(H,13,14);;;;;;1H. The Morgan fingerprint density at radius 3 is 1.56 bits per heavy atom. The highest BCUT2D eigenvalue weighted by Crippen LogP contribution is 2.10. The van der Waals surface area contributed by atoms with Crippen LogP contribution in [0.3, 0.4) is 0 Å². The number of aliphatic carboxylic acids is 1. The van der Waals surface area contributed by atoms with Crippen LogP contribution in [0.4, 0.5) is 50.4 Å². The molecular weight excluding hydrogens is 385 g/mol. The molecule has 13 heteroatoms. The molecule has 0 radical (unpaired) electrons. The van der Waals surface area contributed by atoms with Gasteiger partial charge >= 0.3 is 5.97 Å². The second-order valence-corrected chi connectivity index (χ2v) is 3.62. The number of carboxylic acid groups (broad SMARTS) is 1. The Balaban J connectivity index is -0.0000000708. The minimum Gasteiger partial charge on any atom is -0.481 e. The lowest BCUT2D eigenvalue weighted by molar-refractivity contribution is -0.141. The van der Waals surface area contributed by atoms with E-state index in [4.69, 9.17) is 50.8 Å². The highest BCUT2D eigenvalue weighted by molar-refractivity contribution is 5.69. The van der Waals surface area contributed by atoms with Crippen LogP contribution in [0.25, 0.3) is 0 Å². The third-order valence-electron chi connectivity index (χ3n) is 2.37. The first-order valence-corrected chi connectivity index (χ1v) is 5.68. The molecule has 0 fully saturated rings. The van der Waals surface area contributed by atoms with Gasteiger partial charge in [-0.3, -0.25) is 9.50 Å². The number of aryl methyl sites for hydroxylation is 1. The summed E-state index contributed by atoms with van der Waals surface area (Å²) in [6, 6.07) is 10.2. The van der Waals surface area contributed by atoms with Crippen LogP contribution >= 0.6 is 0 Å². The Bertz CT molecular complexity index is 304. The number of carbonyl (C=O) groups is 1. The molecule has 2 nitrogen and oxygen atoms in total. The number of rotatable bonds is 5. The van der Waals surface area contributed by atoms with E-state index in [2.05, 4.69) is 12.1 Å². The molecule has 1 aromatic carbocycles. The summed E-state index contributed by atoms with van der Waals surface area (Å²) in [4.78, 5) is 10.5. The second kappa shape index (κ2) is 43.1. The van der Waals surface area contributed by atoms with E-state index < -0.39 is 5.97 Å². The number of hydrogen-bond donors (Lipinski definition) is 1. The molecule has 0 heterocycles. The van der Waals surface area contributed by atoms with Crippen molar-refractivity contribution >= 4 is 5.97 Å². The fourth-order valence-corrected chi connectivity index (χ4v) is 1.38. The Kier molecular flexibility index (Phi) is 66.3. The minimum atomic E-state index is -0.696. The SMILES string of the molecule is CC(CCCc1ccccc1)C(=O)O.F.FF.FF.FF.FF.FF. The van der Waals surface area contributed by atoms with E-state index in [1.54, 1.807) is 6.92 Å².